The Balaban J connectivity index is 1.55. The highest BCUT2D eigenvalue weighted by Crippen LogP contribution is 2.40. The number of unbranched alkanes of at least 4 members (excludes halogenated alkanes) is 5. The van der Waals surface area contributed by atoms with Crippen molar-refractivity contribution < 1.29 is 24.5 Å². The highest BCUT2D eigenvalue weighted by molar-refractivity contribution is 7.99. The van der Waals surface area contributed by atoms with Crippen LogP contribution in [0.5, 0.6) is 0 Å². The van der Waals surface area contributed by atoms with Gasteiger partial charge in [0.1, 0.15) is 0 Å². The summed E-state index contributed by atoms with van der Waals surface area (Å²) in [4.78, 5) is 24.2. The van der Waals surface area contributed by atoms with Crippen LogP contribution in [0.1, 0.15) is 70.8 Å². The molecule has 2 N–H and O–H groups in total. The molecule has 0 fully saturated rings. The van der Waals surface area contributed by atoms with Crippen molar-refractivity contribution in [2.75, 3.05) is 7.11 Å². The molecule has 0 aromatic heterocycles. The van der Waals surface area contributed by atoms with Gasteiger partial charge in [0.2, 0.25) is 0 Å². The molecule has 0 radical (unpaired) electrons. The maximum atomic E-state index is 11.7. The molecule has 0 spiro atoms. The molecule has 6 heteroatoms. The summed E-state index contributed by atoms with van der Waals surface area (Å²) >= 11 is 1.29. The number of rotatable bonds is 15. The third kappa shape index (κ3) is 9.06. The van der Waals surface area contributed by atoms with Crippen molar-refractivity contribution in [3.8, 4) is 0 Å². The zero-order valence-corrected chi connectivity index (χ0v) is 22.2. The van der Waals surface area contributed by atoms with Gasteiger partial charge in [0.15, 0.2) is 6.10 Å². The first-order valence-electron chi connectivity index (χ1n) is 12.9. The fraction of sp³-hybridized carbons (Fsp3) is 0.355. The number of carbonyl (C=O) groups is 2. The van der Waals surface area contributed by atoms with E-state index in [9.17, 15) is 19.8 Å². The quantitative estimate of drug-likeness (QED) is 0.129. The number of aryl methyl sites for hydroxylation is 2. The third-order valence-electron chi connectivity index (χ3n) is 6.44. The van der Waals surface area contributed by atoms with E-state index >= 15 is 0 Å². The number of hydrogen-bond donors (Lipinski definition) is 2. The highest BCUT2D eigenvalue weighted by Gasteiger charge is 2.30. The largest absolute Gasteiger partial charge is 0.479 e. The number of ether oxygens (including phenoxy) is 1. The molecule has 3 aromatic carbocycles. The van der Waals surface area contributed by atoms with Gasteiger partial charge < -0.3 is 14.9 Å². The molecular formula is C31H36O5S. The summed E-state index contributed by atoms with van der Waals surface area (Å²) < 4.78 is 4.74. The number of benzene rings is 3. The molecule has 2 atom stereocenters. The van der Waals surface area contributed by atoms with E-state index in [0.717, 1.165) is 41.7 Å². The molecule has 0 heterocycles. The minimum atomic E-state index is -1.56. The molecule has 196 valence electrons. The average Bonchev–Trinajstić information content (AvgIpc) is 2.93. The van der Waals surface area contributed by atoms with Crippen LogP contribution >= 0.6 is 11.8 Å². The van der Waals surface area contributed by atoms with Gasteiger partial charge in [-0.25, -0.2) is 9.59 Å². The van der Waals surface area contributed by atoms with Crippen molar-refractivity contribution in [2.24, 2.45) is 0 Å². The van der Waals surface area contributed by atoms with E-state index in [1.165, 1.54) is 50.1 Å². The second kappa shape index (κ2) is 15.2. The van der Waals surface area contributed by atoms with E-state index in [1.54, 1.807) is 24.3 Å². The standard InChI is InChI=1S/C31H36O5S/c1-36-31(35)25-19-21-26(22-20-25)37-29(28(32)30(33)34)27-18-12-11-17-24(27)16-10-5-3-2-4-7-13-23-14-8-6-9-15-23/h6,8-9,11-12,14-15,17-22,28-29,32H,2-5,7,10,13,16H2,1H3,(H,33,34). The first-order chi connectivity index (χ1) is 18.0. The number of carboxylic acid groups (broad SMARTS) is 1. The van der Waals surface area contributed by atoms with Gasteiger partial charge in [0, 0.05) is 4.90 Å². The van der Waals surface area contributed by atoms with E-state index in [1.807, 2.05) is 24.3 Å². The number of carbonyl (C=O) groups excluding carboxylic acids is 1. The number of thioether (sulfide) groups is 1. The number of aliphatic carboxylic acids is 1. The van der Waals surface area contributed by atoms with Crippen LogP contribution in [0, 0.1) is 0 Å². The SMILES string of the molecule is COC(=O)c1ccc(SC(c2ccccc2CCCCCCCCc2ccccc2)C(O)C(=O)O)cc1. The van der Waals surface area contributed by atoms with Gasteiger partial charge in [-0.1, -0.05) is 80.3 Å². The molecule has 0 amide bonds. The second-order valence-corrected chi connectivity index (χ2v) is 10.4. The lowest BCUT2D eigenvalue weighted by atomic mass is 9.96. The molecule has 0 aliphatic carbocycles. The van der Waals surface area contributed by atoms with E-state index in [4.69, 9.17) is 4.74 Å². The zero-order valence-electron chi connectivity index (χ0n) is 21.3. The van der Waals surface area contributed by atoms with Crippen molar-refractivity contribution in [3.05, 3.63) is 101 Å². The monoisotopic (exact) mass is 520 g/mol. The average molecular weight is 521 g/mol. The van der Waals surface area contributed by atoms with Crippen LogP contribution in [0.3, 0.4) is 0 Å². The zero-order chi connectivity index (χ0) is 26.5. The van der Waals surface area contributed by atoms with E-state index in [2.05, 4.69) is 30.3 Å². The predicted octanol–water partition coefficient (Wildman–Crippen LogP) is 6.88. The van der Waals surface area contributed by atoms with Gasteiger partial charge in [-0.2, -0.15) is 0 Å². The minimum absolute atomic E-state index is 0.419. The first kappa shape index (κ1) is 28.5. The molecule has 3 aromatic rings. The van der Waals surface area contributed by atoms with Crippen LogP contribution < -0.4 is 0 Å². The number of hydrogen-bond acceptors (Lipinski definition) is 5. The number of aliphatic hydroxyl groups excluding tert-OH is 1. The molecule has 0 bridgehead atoms. The normalized spacial score (nSPS) is 12.6. The fourth-order valence-corrected chi connectivity index (χ4v) is 5.59. The molecule has 2 unspecified atom stereocenters. The summed E-state index contributed by atoms with van der Waals surface area (Å²) in [5.41, 5.74) is 3.72. The van der Waals surface area contributed by atoms with Crippen molar-refractivity contribution in [1.82, 2.24) is 0 Å². The van der Waals surface area contributed by atoms with Crippen LogP contribution in [0.2, 0.25) is 0 Å². The lowest BCUT2D eigenvalue weighted by Crippen LogP contribution is -2.26. The highest BCUT2D eigenvalue weighted by atomic mass is 32.2. The summed E-state index contributed by atoms with van der Waals surface area (Å²) in [5.74, 6) is -1.69. The Hall–Kier alpha value is -3.09. The summed E-state index contributed by atoms with van der Waals surface area (Å²) in [5, 5.41) is 19.5. The van der Waals surface area contributed by atoms with E-state index < -0.39 is 23.3 Å². The maximum absolute atomic E-state index is 11.7. The van der Waals surface area contributed by atoms with Crippen LogP contribution in [-0.2, 0) is 22.4 Å². The van der Waals surface area contributed by atoms with Crippen molar-refractivity contribution in [2.45, 2.75) is 67.6 Å². The number of methoxy groups -OCH3 is 1. The maximum Gasteiger partial charge on any atom is 0.337 e. The third-order valence-corrected chi connectivity index (χ3v) is 7.75. The van der Waals surface area contributed by atoms with Crippen molar-refractivity contribution >= 4 is 23.7 Å². The van der Waals surface area contributed by atoms with E-state index in [-0.39, 0.29) is 0 Å². The Bertz CT molecular complexity index is 1110. The van der Waals surface area contributed by atoms with Crippen LogP contribution in [0.25, 0.3) is 0 Å². The van der Waals surface area contributed by atoms with Gasteiger partial charge in [-0.3, -0.25) is 0 Å². The van der Waals surface area contributed by atoms with Crippen LogP contribution in [0.15, 0.2) is 83.8 Å². The van der Waals surface area contributed by atoms with Crippen molar-refractivity contribution in [3.63, 3.8) is 0 Å². The Morgan fingerprint density at radius 1 is 0.784 bits per heavy atom. The summed E-state index contributed by atoms with van der Waals surface area (Å²) in [7, 11) is 1.33. The molecule has 5 nitrogen and oxygen atoms in total. The van der Waals surface area contributed by atoms with Gasteiger partial charge in [0.05, 0.1) is 17.9 Å². The van der Waals surface area contributed by atoms with Crippen molar-refractivity contribution in [1.29, 1.82) is 0 Å². The molecule has 0 aliphatic rings. The van der Waals surface area contributed by atoms with Gasteiger partial charge in [-0.05, 0) is 66.6 Å². The smallest absolute Gasteiger partial charge is 0.337 e. The molecular weight excluding hydrogens is 484 g/mol. The number of esters is 1. The minimum Gasteiger partial charge on any atom is -0.479 e. The Kier molecular flexibility index (Phi) is 11.7. The fourth-order valence-electron chi connectivity index (χ4n) is 4.40. The van der Waals surface area contributed by atoms with Gasteiger partial charge in [0.25, 0.3) is 0 Å². The Morgan fingerprint density at radius 3 is 2.03 bits per heavy atom. The second-order valence-electron chi connectivity index (χ2n) is 9.14. The molecule has 0 aliphatic heterocycles. The Morgan fingerprint density at radius 2 is 1.38 bits per heavy atom. The Labute approximate surface area is 223 Å². The summed E-state index contributed by atoms with van der Waals surface area (Å²) in [6.07, 6.45) is 7.37. The molecule has 3 rings (SSSR count). The lowest BCUT2D eigenvalue weighted by Gasteiger charge is -2.23. The summed E-state index contributed by atoms with van der Waals surface area (Å²) in [6, 6.07) is 25.2. The summed E-state index contributed by atoms with van der Waals surface area (Å²) in [6.45, 7) is 0. The number of aliphatic hydroxyl groups is 1. The first-order valence-corrected chi connectivity index (χ1v) is 13.7. The van der Waals surface area contributed by atoms with Gasteiger partial charge in [-0.15, -0.1) is 11.8 Å². The van der Waals surface area contributed by atoms with Crippen LogP contribution in [-0.4, -0.2) is 35.4 Å². The van der Waals surface area contributed by atoms with E-state index in [0.29, 0.717) is 5.56 Å². The predicted molar refractivity (Wildman–Crippen MR) is 148 cm³/mol. The molecule has 0 saturated heterocycles. The number of carboxylic acids is 1. The lowest BCUT2D eigenvalue weighted by molar-refractivity contribution is -0.146. The van der Waals surface area contributed by atoms with Gasteiger partial charge >= 0.3 is 11.9 Å². The van der Waals surface area contributed by atoms with Crippen LogP contribution in [0.4, 0.5) is 0 Å². The molecule has 0 saturated carbocycles. The topological polar surface area (TPSA) is 83.8 Å². The molecule has 37 heavy (non-hydrogen) atoms.